The Morgan fingerprint density at radius 1 is 1.59 bits per heavy atom. The van der Waals surface area contributed by atoms with Gasteiger partial charge in [-0.2, -0.15) is 11.8 Å². The average molecular weight is 260 g/mol. The summed E-state index contributed by atoms with van der Waals surface area (Å²) in [4.78, 5) is 24.8. The molecule has 1 saturated heterocycles. The highest BCUT2D eigenvalue weighted by Crippen LogP contribution is 2.20. The minimum Gasteiger partial charge on any atom is -0.480 e. The van der Waals surface area contributed by atoms with E-state index in [-0.39, 0.29) is 11.8 Å². The van der Waals surface area contributed by atoms with Gasteiger partial charge in [0.25, 0.3) is 0 Å². The molecule has 6 heteroatoms. The number of hydrogen-bond donors (Lipinski definition) is 2. The summed E-state index contributed by atoms with van der Waals surface area (Å²) in [6, 6.07) is -0.688. The highest BCUT2D eigenvalue weighted by atomic mass is 32.2. The van der Waals surface area contributed by atoms with Gasteiger partial charge in [0.1, 0.15) is 6.04 Å². The maximum absolute atomic E-state index is 12.2. The number of carboxylic acids is 1. The SMILES string of the molecule is CCCC(CN)C(=O)N1CCSCC1C(=O)O. The molecule has 1 aliphatic heterocycles. The predicted molar refractivity (Wildman–Crippen MR) is 67.9 cm³/mol. The van der Waals surface area contributed by atoms with Gasteiger partial charge in [0.2, 0.25) is 5.91 Å². The third kappa shape index (κ3) is 3.61. The van der Waals surface area contributed by atoms with Crippen LogP contribution in [-0.4, -0.2) is 52.5 Å². The van der Waals surface area contributed by atoms with Crippen LogP contribution in [0.3, 0.4) is 0 Å². The molecule has 3 N–H and O–H groups in total. The van der Waals surface area contributed by atoms with Crippen LogP contribution >= 0.6 is 11.8 Å². The first-order valence-corrected chi connectivity index (χ1v) is 7.08. The first-order valence-electron chi connectivity index (χ1n) is 5.92. The third-order valence-electron chi connectivity index (χ3n) is 2.97. The number of carbonyl (C=O) groups excluding carboxylic acids is 1. The van der Waals surface area contributed by atoms with Crippen molar-refractivity contribution in [2.45, 2.75) is 25.8 Å². The van der Waals surface area contributed by atoms with Crippen LogP contribution in [0.2, 0.25) is 0 Å². The second kappa shape index (κ2) is 6.86. The van der Waals surface area contributed by atoms with Gasteiger partial charge >= 0.3 is 5.97 Å². The van der Waals surface area contributed by atoms with Gasteiger partial charge in [-0.25, -0.2) is 4.79 Å². The topological polar surface area (TPSA) is 83.6 Å². The van der Waals surface area contributed by atoms with Crippen LogP contribution in [-0.2, 0) is 9.59 Å². The van der Waals surface area contributed by atoms with Crippen molar-refractivity contribution in [1.82, 2.24) is 4.90 Å². The summed E-state index contributed by atoms with van der Waals surface area (Å²) in [6.07, 6.45) is 1.61. The summed E-state index contributed by atoms with van der Waals surface area (Å²) in [5.41, 5.74) is 5.59. The maximum atomic E-state index is 12.2. The zero-order valence-corrected chi connectivity index (χ0v) is 10.9. The molecular weight excluding hydrogens is 240 g/mol. The number of carboxylic acid groups (broad SMARTS) is 1. The molecule has 1 rings (SSSR count). The smallest absolute Gasteiger partial charge is 0.327 e. The number of carbonyl (C=O) groups is 2. The third-order valence-corrected chi connectivity index (χ3v) is 3.99. The van der Waals surface area contributed by atoms with Crippen LogP contribution < -0.4 is 5.73 Å². The number of aliphatic carboxylic acids is 1. The van der Waals surface area contributed by atoms with E-state index in [2.05, 4.69) is 0 Å². The van der Waals surface area contributed by atoms with Crippen molar-refractivity contribution in [3.63, 3.8) is 0 Å². The molecule has 0 aromatic carbocycles. The van der Waals surface area contributed by atoms with Crippen molar-refractivity contribution in [2.75, 3.05) is 24.6 Å². The summed E-state index contributed by atoms with van der Waals surface area (Å²) < 4.78 is 0. The van der Waals surface area contributed by atoms with Crippen LogP contribution in [0.15, 0.2) is 0 Å². The lowest BCUT2D eigenvalue weighted by molar-refractivity contribution is -0.151. The van der Waals surface area contributed by atoms with Crippen LogP contribution in [0.4, 0.5) is 0 Å². The molecule has 1 amide bonds. The van der Waals surface area contributed by atoms with Crippen molar-refractivity contribution in [2.24, 2.45) is 11.7 Å². The highest BCUT2D eigenvalue weighted by Gasteiger charge is 2.34. The molecule has 2 unspecified atom stereocenters. The lowest BCUT2D eigenvalue weighted by Crippen LogP contribution is -2.53. The van der Waals surface area contributed by atoms with Crippen molar-refractivity contribution in [3.8, 4) is 0 Å². The van der Waals surface area contributed by atoms with Crippen LogP contribution in [0, 0.1) is 5.92 Å². The van der Waals surface area contributed by atoms with Gasteiger partial charge in [-0.3, -0.25) is 4.79 Å². The molecule has 1 heterocycles. The van der Waals surface area contributed by atoms with E-state index in [0.29, 0.717) is 18.8 Å². The van der Waals surface area contributed by atoms with E-state index in [9.17, 15) is 9.59 Å². The largest absolute Gasteiger partial charge is 0.480 e. The molecule has 0 aromatic heterocycles. The van der Waals surface area contributed by atoms with Crippen LogP contribution in [0.5, 0.6) is 0 Å². The fourth-order valence-corrected chi connectivity index (χ4v) is 3.04. The molecule has 0 spiro atoms. The second-order valence-corrected chi connectivity index (χ2v) is 5.33. The maximum Gasteiger partial charge on any atom is 0.327 e. The molecule has 0 radical (unpaired) electrons. The Hall–Kier alpha value is -0.750. The van der Waals surface area contributed by atoms with E-state index < -0.39 is 12.0 Å². The second-order valence-electron chi connectivity index (χ2n) is 4.18. The van der Waals surface area contributed by atoms with Crippen molar-refractivity contribution in [3.05, 3.63) is 0 Å². The summed E-state index contributed by atoms with van der Waals surface area (Å²) >= 11 is 1.58. The fraction of sp³-hybridized carbons (Fsp3) is 0.818. The van der Waals surface area contributed by atoms with E-state index in [1.165, 1.54) is 4.90 Å². The van der Waals surface area contributed by atoms with Gasteiger partial charge < -0.3 is 15.7 Å². The molecular formula is C11H20N2O3S. The van der Waals surface area contributed by atoms with Gasteiger partial charge in [-0.15, -0.1) is 0 Å². The minimum atomic E-state index is -0.919. The Bertz CT molecular complexity index is 286. The predicted octanol–water partition coefficient (Wildman–Crippen LogP) is 0.390. The number of hydrogen-bond acceptors (Lipinski definition) is 4. The molecule has 0 aromatic rings. The molecule has 0 aliphatic carbocycles. The number of nitrogens with two attached hydrogens (primary N) is 1. The fourth-order valence-electron chi connectivity index (χ4n) is 2.00. The lowest BCUT2D eigenvalue weighted by Gasteiger charge is -2.34. The quantitative estimate of drug-likeness (QED) is 0.747. The molecule has 5 nitrogen and oxygen atoms in total. The Morgan fingerprint density at radius 3 is 2.82 bits per heavy atom. The molecule has 0 saturated carbocycles. The van der Waals surface area contributed by atoms with E-state index in [1.807, 2.05) is 6.92 Å². The van der Waals surface area contributed by atoms with Crippen molar-refractivity contribution < 1.29 is 14.7 Å². The Labute approximate surface area is 106 Å². The van der Waals surface area contributed by atoms with E-state index >= 15 is 0 Å². The number of amides is 1. The number of rotatable bonds is 5. The molecule has 2 atom stereocenters. The molecule has 1 fully saturated rings. The molecule has 1 aliphatic rings. The van der Waals surface area contributed by atoms with Gasteiger partial charge in [0.15, 0.2) is 0 Å². The first-order chi connectivity index (χ1) is 8.11. The van der Waals surface area contributed by atoms with Gasteiger partial charge in [-0.05, 0) is 6.42 Å². The number of nitrogens with zero attached hydrogens (tertiary/aromatic N) is 1. The Kier molecular flexibility index (Phi) is 5.77. The zero-order valence-electron chi connectivity index (χ0n) is 10.1. The normalized spacial score (nSPS) is 22.2. The summed E-state index contributed by atoms with van der Waals surface area (Å²) in [5, 5.41) is 9.10. The Balaban J connectivity index is 2.73. The van der Waals surface area contributed by atoms with Crippen LogP contribution in [0.1, 0.15) is 19.8 Å². The Morgan fingerprint density at radius 2 is 2.29 bits per heavy atom. The van der Waals surface area contributed by atoms with Crippen LogP contribution in [0.25, 0.3) is 0 Å². The molecule has 17 heavy (non-hydrogen) atoms. The molecule has 98 valence electrons. The minimum absolute atomic E-state index is 0.0953. The zero-order chi connectivity index (χ0) is 12.8. The monoisotopic (exact) mass is 260 g/mol. The highest BCUT2D eigenvalue weighted by molar-refractivity contribution is 7.99. The summed E-state index contributed by atoms with van der Waals surface area (Å²) in [7, 11) is 0. The lowest BCUT2D eigenvalue weighted by atomic mass is 10.0. The number of thioether (sulfide) groups is 1. The summed E-state index contributed by atoms with van der Waals surface area (Å²) in [5.74, 6) is 0.0356. The summed E-state index contributed by atoms with van der Waals surface area (Å²) in [6.45, 7) is 2.81. The van der Waals surface area contributed by atoms with E-state index in [4.69, 9.17) is 10.8 Å². The van der Waals surface area contributed by atoms with E-state index in [0.717, 1.165) is 18.6 Å². The van der Waals surface area contributed by atoms with Gasteiger partial charge in [-0.1, -0.05) is 13.3 Å². The standard InChI is InChI=1S/C11H20N2O3S/c1-2-3-8(6-12)10(14)13-4-5-17-7-9(13)11(15)16/h8-9H,2-7,12H2,1H3,(H,15,16). The van der Waals surface area contributed by atoms with Crippen molar-refractivity contribution >= 4 is 23.6 Å². The van der Waals surface area contributed by atoms with Crippen molar-refractivity contribution in [1.29, 1.82) is 0 Å². The van der Waals surface area contributed by atoms with Gasteiger partial charge in [0.05, 0.1) is 5.92 Å². The first kappa shape index (κ1) is 14.3. The van der Waals surface area contributed by atoms with E-state index in [1.54, 1.807) is 11.8 Å². The van der Waals surface area contributed by atoms with Gasteiger partial charge in [0, 0.05) is 24.6 Å². The molecule has 0 bridgehead atoms. The average Bonchev–Trinajstić information content (AvgIpc) is 2.35.